The molecule has 0 radical (unpaired) electrons. The average molecular weight is 396 g/mol. The minimum absolute atomic E-state index is 0.530. The van der Waals surface area contributed by atoms with Crippen LogP contribution in [0.4, 0.5) is 0 Å². The van der Waals surface area contributed by atoms with Gasteiger partial charge in [0.2, 0.25) is 11.8 Å². The van der Waals surface area contributed by atoms with Crippen LogP contribution in [0.25, 0.3) is 0 Å². The van der Waals surface area contributed by atoms with Crippen LogP contribution < -0.4 is 10.6 Å². The van der Waals surface area contributed by atoms with E-state index in [9.17, 15) is 29.7 Å². The molecule has 0 aliphatic carbocycles. The maximum atomic E-state index is 11.7. The summed E-state index contributed by atoms with van der Waals surface area (Å²) in [6.07, 6.45) is -7.26. The Morgan fingerprint density at radius 2 is 1.78 bits per heavy atom. The lowest BCUT2D eigenvalue weighted by molar-refractivity contribution is -0.183. The smallest absolute Gasteiger partial charge is 0.330 e. The molecule has 0 bridgehead atoms. The van der Waals surface area contributed by atoms with Crippen LogP contribution in [-0.4, -0.2) is 114 Å². The van der Waals surface area contributed by atoms with Gasteiger partial charge in [0.25, 0.3) is 0 Å². The fraction of sp³-hybridized carbons (Fsp3) is 0.786. The van der Waals surface area contributed by atoms with E-state index in [4.69, 9.17) is 19.7 Å². The zero-order chi connectivity index (χ0) is 20.6. The summed E-state index contributed by atoms with van der Waals surface area (Å²) in [5.74, 6) is -2.40. The first kappa shape index (κ1) is 23.2. The number of nitrogens with one attached hydrogen (secondary N) is 2. The highest BCUT2D eigenvalue weighted by molar-refractivity contribution is 5.88. The molecule has 7 N–H and O–H groups in total. The minimum atomic E-state index is -1.56. The summed E-state index contributed by atoms with van der Waals surface area (Å²) in [5.41, 5.74) is 0. The molecular weight excluding hydrogens is 372 g/mol. The molecule has 1 saturated heterocycles. The highest BCUT2D eigenvalue weighted by Gasteiger charge is 2.46. The van der Waals surface area contributed by atoms with Crippen molar-refractivity contribution in [3.63, 3.8) is 0 Å². The molecule has 156 valence electrons. The normalized spacial score (nSPS) is 26.9. The number of hydrogen-bond donors (Lipinski definition) is 7. The molecule has 0 aromatic rings. The lowest BCUT2D eigenvalue weighted by atomic mass is 10.1. The Bertz CT molecular complexity index is 517. The zero-order valence-corrected chi connectivity index (χ0v) is 14.5. The Hall–Kier alpha value is -1.87. The molecule has 0 saturated carbocycles. The summed E-state index contributed by atoms with van der Waals surface area (Å²) in [6, 6.07) is -1.27. The van der Waals surface area contributed by atoms with Crippen LogP contribution in [0.5, 0.6) is 0 Å². The Balaban J connectivity index is 2.37. The number of rotatable bonds is 10. The molecule has 0 aromatic heterocycles. The van der Waals surface area contributed by atoms with Gasteiger partial charge in [-0.2, -0.15) is 0 Å². The maximum Gasteiger partial charge on any atom is 0.330 e. The van der Waals surface area contributed by atoms with Crippen molar-refractivity contribution in [1.82, 2.24) is 10.6 Å². The van der Waals surface area contributed by atoms with Crippen molar-refractivity contribution in [2.24, 2.45) is 0 Å². The van der Waals surface area contributed by atoms with Crippen LogP contribution in [-0.2, 0) is 28.6 Å². The molecule has 13 heteroatoms. The third kappa shape index (κ3) is 6.66. The van der Waals surface area contributed by atoms with Crippen LogP contribution in [0.15, 0.2) is 0 Å². The predicted molar refractivity (Wildman–Crippen MR) is 83.8 cm³/mol. The van der Waals surface area contributed by atoms with Gasteiger partial charge in [-0.15, -0.1) is 0 Å². The van der Waals surface area contributed by atoms with Gasteiger partial charge in [-0.25, -0.2) is 4.79 Å². The Labute approximate surface area is 153 Å². The molecule has 0 spiro atoms. The van der Waals surface area contributed by atoms with Crippen molar-refractivity contribution in [2.45, 2.75) is 36.7 Å². The van der Waals surface area contributed by atoms with Crippen LogP contribution in [0, 0.1) is 0 Å². The molecule has 1 rings (SSSR count). The number of carbonyl (C=O) groups excluding carboxylic acids is 3. The molecule has 0 aromatic carbocycles. The number of esters is 1. The number of carbonyl (C=O) groups is 3. The number of methoxy groups -OCH3 is 1. The molecule has 13 nitrogen and oxygen atoms in total. The summed E-state index contributed by atoms with van der Waals surface area (Å²) >= 11 is 0. The summed E-state index contributed by atoms with van der Waals surface area (Å²) < 4.78 is 14.4. The van der Waals surface area contributed by atoms with E-state index in [0.29, 0.717) is 0 Å². The quantitative estimate of drug-likeness (QED) is 0.174. The van der Waals surface area contributed by atoms with Gasteiger partial charge >= 0.3 is 5.97 Å². The number of aliphatic hydroxyl groups is 5. The second-order valence-corrected chi connectivity index (χ2v) is 5.61. The molecule has 6 atom stereocenters. The van der Waals surface area contributed by atoms with Crippen LogP contribution in [0.2, 0.25) is 0 Å². The summed E-state index contributed by atoms with van der Waals surface area (Å²) in [4.78, 5) is 34.5. The van der Waals surface area contributed by atoms with Crippen molar-refractivity contribution < 1.29 is 54.1 Å². The molecular formula is C14H24N2O11. The number of amides is 2. The third-order valence-electron chi connectivity index (χ3n) is 3.65. The molecule has 1 heterocycles. The van der Waals surface area contributed by atoms with Gasteiger partial charge < -0.3 is 50.4 Å². The van der Waals surface area contributed by atoms with Gasteiger partial charge in [0.1, 0.15) is 31.0 Å². The van der Waals surface area contributed by atoms with Gasteiger partial charge in [-0.05, 0) is 0 Å². The van der Waals surface area contributed by atoms with Gasteiger partial charge in [0.15, 0.2) is 12.3 Å². The van der Waals surface area contributed by atoms with Crippen LogP contribution in [0.3, 0.4) is 0 Å². The first-order valence-electron chi connectivity index (χ1n) is 7.92. The lowest BCUT2D eigenvalue weighted by Gasteiger charge is -2.18. The van der Waals surface area contributed by atoms with Crippen molar-refractivity contribution in [3.05, 3.63) is 0 Å². The first-order chi connectivity index (χ1) is 12.7. The lowest BCUT2D eigenvalue weighted by Crippen LogP contribution is -2.48. The highest BCUT2D eigenvalue weighted by Crippen LogP contribution is 2.24. The Kier molecular flexibility index (Phi) is 9.51. The van der Waals surface area contributed by atoms with Gasteiger partial charge in [0, 0.05) is 0 Å². The highest BCUT2D eigenvalue weighted by atomic mass is 16.7. The van der Waals surface area contributed by atoms with Crippen LogP contribution >= 0.6 is 0 Å². The SMILES string of the molecule is COC(=O)[C@H](CO)NC(=O)CNC(=O)CO[C@H]1O[C@H]([C@H](O)CO)[C@H](O)[C@@H]1O. The predicted octanol–water partition coefficient (Wildman–Crippen LogP) is -5.43. The largest absolute Gasteiger partial charge is 0.467 e. The summed E-state index contributed by atoms with van der Waals surface area (Å²) in [7, 11) is 1.08. The average Bonchev–Trinajstić information content (AvgIpc) is 2.95. The number of hydrogen-bond acceptors (Lipinski definition) is 11. The van der Waals surface area contributed by atoms with Gasteiger partial charge in [-0.1, -0.05) is 0 Å². The molecule has 1 fully saturated rings. The molecule has 27 heavy (non-hydrogen) atoms. The van der Waals surface area contributed by atoms with Crippen molar-refractivity contribution in [3.8, 4) is 0 Å². The Morgan fingerprint density at radius 1 is 1.11 bits per heavy atom. The van der Waals surface area contributed by atoms with E-state index in [1.807, 2.05) is 0 Å². The number of ether oxygens (including phenoxy) is 3. The molecule has 2 amide bonds. The van der Waals surface area contributed by atoms with Crippen molar-refractivity contribution in [2.75, 3.05) is 33.5 Å². The first-order valence-corrected chi connectivity index (χ1v) is 7.92. The molecule has 1 aliphatic heterocycles. The summed E-state index contributed by atoms with van der Waals surface area (Å²) in [6.45, 7) is -2.57. The van der Waals surface area contributed by atoms with E-state index in [-0.39, 0.29) is 0 Å². The standard InChI is InChI=1S/C14H24N2O11/c1-25-13(24)6(3-17)16-8(20)2-15-9(21)5-26-14-11(23)10(22)12(27-14)7(19)4-18/h6-7,10-12,14,17-19,22-23H,2-5H2,1H3,(H,15,21)(H,16,20)/t6-,7+,10+,11-,12+,14-/m0/s1. The fourth-order valence-corrected chi connectivity index (χ4v) is 2.19. The third-order valence-corrected chi connectivity index (χ3v) is 3.65. The van der Waals surface area contributed by atoms with Gasteiger partial charge in [-0.3, -0.25) is 9.59 Å². The summed E-state index contributed by atoms with van der Waals surface area (Å²) in [5, 5.41) is 51.0. The topological polar surface area (TPSA) is 204 Å². The van der Waals surface area contributed by atoms with E-state index >= 15 is 0 Å². The second kappa shape index (κ2) is 11.1. The van der Waals surface area contributed by atoms with E-state index in [0.717, 1.165) is 7.11 Å². The monoisotopic (exact) mass is 396 g/mol. The van der Waals surface area contributed by atoms with Crippen LogP contribution in [0.1, 0.15) is 0 Å². The van der Waals surface area contributed by atoms with E-state index in [1.54, 1.807) is 0 Å². The molecule has 0 unspecified atom stereocenters. The van der Waals surface area contributed by atoms with E-state index in [1.165, 1.54) is 0 Å². The maximum absolute atomic E-state index is 11.7. The molecule has 1 aliphatic rings. The van der Waals surface area contributed by atoms with Gasteiger partial charge in [0.05, 0.1) is 26.9 Å². The van der Waals surface area contributed by atoms with Crippen molar-refractivity contribution in [1.29, 1.82) is 0 Å². The number of aliphatic hydroxyl groups excluding tert-OH is 5. The fourth-order valence-electron chi connectivity index (χ4n) is 2.19. The Morgan fingerprint density at radius 3 is 2.33 bits per heavy atom. The van der Waals surface area contributed by atoms with Crippen molar-refractivity contribution >= 4 is 17.8 Å². The second-order valence-electron chi connectivity index (χ2n) is 5.61. The van der Waals surface area contributed by atoms with E-state index in [2.05, 4.69) is 15.4 Å². The zero-order valence-electron chi connectivity index (χ0n) is 14.5. The van der Waals surface area contributed by atoms with E-state index < -0.39 is 80.9 Å². The minimum Gasteiger partial charge on any atom is -0.467 e.